The summed E-state index contributed by atoms with van der Waals surface area (Å²) in [5, 5.41) is 4.08. The van der Waals surface area contributed by atoms with Crippen LogP contribution in [0.2, 0.25) is 0 Å². The molecule has 26 heavy (non-hydrogen) atoms. The minimum Gasteiger partial charge on any atom is -0.337 e. The van der Waals surface area contributed by atoms with Crippen molar-refractivity contribution in [1.29, 1.82) is 0 Å². The summed E-state index contributed by atoms with van der Waals surface area (Å²) in [5.41, 5.74) is 1.16. The largest absolute Gasteiger partial charge is 0.337 e. The third-order valence-electron chi connectivity index (χ3n) is 5.61. The van der Waals surface area contributed by atoms with Gasteiger partial charge in [-0.1, -0.05) is 6.92 Å². The zero-order chi connectivity index (χ0) is 18.3. The number of nitrogens with one attached hydrogen (secondary N) is 2. The van der Waals surface area contributed by atoms with Crippen LogP contribution in [0, 0.1) is 5.92 Å². The van der Waals surface area contributed by atoms with Crippen LogP contribution < -0.4 is 10.9 Å². The maximum Gasteiger partial charge on any atom is 0.259 e. The van der Waals surface area contributed by atoms with Crippen LogP contribution in [0.1, 0.15) is 43.0 Å². The van der Waals surface area contributed by atoms with E-state index in [4.69, 9.17) is 0 Å². The molecule has 6 nitrogen and oxygen atoms in total. The van der Waals surface area contributed by atoms with Crippen molar-refractivity contribution in [2.75, 3.05) is 19.6 Å². The SMILES string of the molecule is CC1CCc2c(sc3nc(CCC(=O)N4CCNCC4C)[nH]c(=O)c23)C1. The lowest BCUT2D eigenvalue weighted by Crippen LogP contribution is -2.52. The van der Waals surface area contributed by atoms with Crippen molar-refractivity contribution in [2.45, 2.75) is 52.0 Å². The Balaban J connectivity index is 1.52. The minimum atomic E-state index is -0.0416. The molecule has 2 aromatic rings. The first-order valence-corrected chi connectivity index (χ1v) is 10.4. The summed E-state index contributed by atoms with van der Waals surface area (Å²) in [4.78, 5) is 36.8. The number of fused-ring (bicyclic) bond motifs is 3. The number of aryl methyl sites for hydroxylation is 2. The Morgan fingerprint density at radius 3 is 3.04 bits per heavy atom. The smallest absolute Gasteiger partial charge is 0.259 e. The fourth-order valence-electron chi connectivity index (χ4n) is 4.09. The van der Waals surface area contributed by atoms with Gasteiger partial charge in [0, 0.05) is 43.4 Å². The highest BCUT2D eigenvalue weighted by Gasteiger charge is 2.24. The van der Waals surface area contributed by atoms with Gasteiger partial charge in [0.05, 0.1) is 5.39 Å². The fraction of sp³-hybridized carbons (Fsp3) is 0.632. The Kier molecular flexibility index (Phi) is 4.84. The molecule has 0 spiro atoms. The number of rotatable bonds is 3. The molecule has 0 saturated carbocycles. The van der Waals surface area contributed by atoms with Crippen molar-refractivity contribution in [3.8, 4) is 0 Å². The van der Waals surface area contributed by atoms with Gasteiger partial charge in [0.15, 0.2) is 0 Å². The van der Waals surface area contributed by atoms with Gasteiger partial charge in [0.2, 0.25) is 5.91 Å². The second-order valence-corrected chi connectivity index (χ2v) is 8.77. The molecule has 7 heteroatoms. The van der Waals surface area contributed by atoms with E-state index >= 15 is 0 Å². The van der Waals surface area contributed by atoms with E-state index < -0.39 is 0 Å². The molecule has 140 valence electrons. The Bertz CT molecular complexity index is 888. The molecule has 2 N–H and O–H groups in total. The number of carbonyl (C=O) groups is 1. The summed E-state index contributed by atoms with van der Waals surface area (Å²) in [6, 6.07) is 0.219. The molecule has 1 fully saturated rings. The van der Waals surface area contributed by atoms with E-state index in [0.717, 1.165) is 49.1 Å². The van der Waals surface area contributed by atoms with Crippen LogP contribution in [-0.4, -0.2) is 46.5 Å². The van der Waals surface area contributed by atoms with E-state index in [0.29, 0.717) is 24.6 Å². The third-order valence-corrected chi connectivity index (χ3v) is 6.76. The van der Waals surface area contributed by atoms with Gasteiger partial charge in [-0.2, -0.15) is 0 Å². The van der Waals surface area contributed by atoms with Crippen molar-refractivity contribution in [3.05, 3.63) is 26.6 Å². The highest BCUT2D eigenvalue weighted by atomic mass is 32.1. The Labute approximate surface area is 157 Å². The lowest BCUT2D eigenvalue weighted by molar-refractivity contribution is -0.133. The maximum atomic E-state index is 12.6. The molecule has 2 aliphatic rings. The molecule has 4 rings (SSSR count). The molecular formula is C19H26N4O2S. The third kappa shape index (κ3) is 3.30. The standard InChI is InChI=1S/C19H26N4O2S/c1-11-3-4-13-14(9-11)26-19-17(13)18(25)21-15(22-19)5-6-16(24)23-8-7-20-10-12(23)2/h11-12,20H,3-10H2,1-2H3,(H,21,22,25). The number of amides is 1. The topological polar surface area (TPSA) is 78.1 Å². The average molecular weight is 375 g/mol. The zero-order valence-corrected chi connectivity index (χ0v) is 16.2. The van der Waals surface area contributed by atoms with E-state index in [1.165, 1.54) is 10.4 Å². The number of aromatic nitrogens is 2. The van der Waals surface area contributed by atoms with E-state index in [1.807, 2.05) is 4.90 Å². The molecule has 1 aliphatic heterocycles. The highest BCUT2D eigenvalue weighted by molar-refractivity contribution is 7.18. The van der Waals surface area contributed by atoms with Crippen LogP contribution in [0.4, 0.5) is 0 Å². The van der Waals surface area contributed by atoms with Crippen molar-refractivity contribution < 1.29 is 4.79 Å². The summed E-state index contributed by atoms with van der Waals surface area (Å²) < 4.78 is 0. The molecule has 0 bridgehead atoms. The molecule has 3 heterocycles. The number of nitrogens with zero attached hydrogens (tertiary/aromatic N) is 2. The van der Waals surface area contributed by atoms with E-state index in [2.05, 4.69) is 29.1 Å². The van der Waals surface area contributed by atoms with Crippen molar-refractivity contribution in [2.24, 2.45) is 5.92 Å². The van der Waals surface area contributed by atoms with E-state index in [9.17, 15) is 9.59 Å². The fourth-order valence-corrected chi connectivity index (χ4v) is 5.49. The Morgan fingerprint density at radius 1 is 1.38 bits per heavy atom. The predicted molar refractivity (Wildman–Crippen MR) is 104 cm³/mol. The average Bonchev–Trinajstić information content (AvgIpc) is 2.97. The quantitative estimate of drug-likeness (QED) is 0.860. The van der Waals surface area contributed by atoms with Crippen molar-refractivity contribution in [1.82, 2.24) is 20.2 Å². The maximum absolute atomic E-state index is 12.6. The van der Waals surface area contributed by atoms with Crippen LogP contribution in [-0.2, 0) is 24.1 Å². The van der Waals surface area contributed by atoms with E-state index in [1.54, 1.807) is 11.3 Å². The highest BCUT2D eigenvalue weighted by Crippen LogP contribution is 2.35. The van der Waals surface area contributed by atoms with Gasteiger partial charge >= 0.3 is 0 Å². The van der Waals surface area contributed by atoms with Crippen molar-refractivity contribution >= 4 is 27.5 Å². The van der Waals surface area contributed by atoms with E-state index in [-0.39, 0.29) is 17.5 Å². The van der Waals surface area contributed by atoms with Gasteiger partial charge in [0.25, 0.3) is 5.56 Å². The summed E-state index contributed by atoms with van der Waals surface area (Å²) in [6.07, 6.45) is 4.03. The van der Waals surface area contributed by atoms with Crippen LogP contribution in [0.3, 0.4) is 0 Å². The lowest BCUT2D eigenvalue weighted by Gasteiger charge is -2.34. The zero-order valence-electron chi connectivity index (χ0n) is 15.4. The number of H-pyrrole nitrogens is 1. The molecule has 1 aliphatic carbocycles. The first-order valence-electron chi connectivity index (χ1n) is 9.56. The molecule has 0 radical (unpaired) electrons. The number of carbonyl (C=O) groups excluding carboxylic acids is 1. The molecule has 2 atom stereocenters. The first kappa shape index (κ1) is 17.7. The number of thiophene rings is 1. The molecule has 2 unspecified atom stereocenters. The van der Waals surface area contributed by atoms with Gasteiger partial charge in [-0.15, -0.1) is 11.3 Å². The molecule has 1 saturated heterocycles. The molecule has 1 amide bonds. The number of hydrogen-bond donors (Lipinski definition) is 2. The van der Waals surface area contributed by atoms with Crippen LogP contribution in [0.25, 0.3) is 10.2 Å². The number of hydrogen-bond acceptors (Lipinski definition) is 5. The van der Waals surface area contributed by atoms with Gasteiger partial charge in [-0.25, -0.2) is 4.98 Å². The van der Waals surface area contributed by atoms with Gasteiger partial charge in [-0.3, -0.25) is 9.59 Å². The summed E-state index contributed by atoms with van der Waals surface area (Å²) >= 11 is 1.66. The second-order valence-electron chi connectivity index (χ2n) is 7.68. The van der Waals surface area contributed by atoms with Crippen LogP contribution in [0.15, 0.2) is 4.79 Å². The monoisotopic (exact) mass is 374 g/mol. The summed E-state index contributed by atoms with van der Waals surface area (Å²) in [5.74, 6) is 1.44. The molecular weight excluding hydrogens is 348 g/mol. The molecule has 2 aromatic heterocycles. The minimum absolute atomic E-state index is 0.0416. The predicted octanol–water partition coefficient (Wildman–Crippen LogP) is 1.86. The van der Waals surface area contributed by atoms with Crippen LogP contribution in [0.5, 0.6) is 0 Å². The Hall–Kier alpha value is -1.73. The number of piperazine rings is 1. The number of aromatic amines is 1. The van der Waals surface area contributed by atoms with Gasteiger partial charge in [-0.05, 0) is 37.7 Å². The molecule has 0 aromatic carbocycles. The lowest BCUT2D eigenvalue weighted by atomic mass is 9.89. The van der Waals surface area contributed by atoms with Crippen molar-refractivity contribution in [3.63, 3.8) is 0 Å². The summed E-state index contributed by atoms with van der Waals surface area (Å²) in [6.45, 7) is 6.76. The van der Waals surface area contributed by atoms with Crippen LogP contribution >= 0.6 is 11.3 Å². The second kappa shape index (κ2) is 7.12. The first-order chi connectivity index (χ1) is 12.5. The van der Waals surface area contributed by atoms with Gasteiger partial charge < -0.3 is 15.2 Å². The van der Waals surface area contributed by atoms with Gasteiger partial charge in [0.1, 0.15) is 10.7 Å². The Morgan fingerprint density at radius 2 is 2.23 bits per heavy atom. The normalized spacial score (nSPS) is 23.2. The summed E-state index contributed by atoms with van der Waals surface area (Å²) in [7, 11) is 0.